The van der Waals surface area contributed by atoms with Gasteiger partial charge in [0.15, 0.2) is 0 Å². The summed E-state index contributed by atoms with van der Waals surface area (Å²) in [6, 6.07) is 0. The van der Waals surface area contributed by atoms with Crippen molar-refractivity contribution < 1.29 is 23.0 Å². The van der Waals surface area contributed by atoms with E-state index in [1.54, 1.807) is 6.92 Å². The van der Waals surface area contributed by atoms with Gasteiger partial charge in [-0.05, 0) is 24.7 Å². The van der Waals surface area contributed by atoms with Crippen LogP contribution in [0, 0.1) is 5.41 Å². The van der Waals surface area contributed by atoms with Gasteiger partial charge in [-0.25, -0.2) is 0 Å². The molecule has 1 heterocycles. The number of alkyl halides is 3. The van der Waals surface area contributed by atoms with E-state index in [1.165, 1.54) is 0 Å². The lowest BCUT2D eigenvalue weighted by Gasteiger charge is -2.35. The second-order valence-electron chi connectivity index (χ2n) is 4.18. The number of hydrogen-bond acceptors (Lipinski definition) is 2. The van der Waals surface area contributed by atoms with Gasteiger partial charge in [-0.1, -0.05) is 6.92 Å². The summed E-state index contributed by atoms with van der Waals surface area (Å²) in [5, 5.41) is 8.94. The van der Waals surface area contributed by atoms with E-state index in [-0.39, 0.29) is 6.42 Å². The molecule has 1 rings (SSSR count). The summed E-state index contributed by atoms with van der Waals surface area (Å²) in [6.07, 6.45) is -5.76. The maximum Gasteiger partial charge on any atom is 0.414 e. The molecular formula is C9H15F3O2. The number of hydrogen-bond donors (Lipinski definition) is 1. The molecule has 84 valence electrons. The average molecular weight is 212 g/mol. The van der Waals surface area contributed by atoms with E-state index in [9.17, 15) is 13.2 Å². The monoisotopic (exact) mass is 212 g/mol. The fourth-order valence-corrected chi connectivity index (χ4v) is 1.65. The molecule has 0 aromatic rings. The van der Waals surface area contributed by atoms with Gasteiger partial charge >= 0.3 is 6.18 Å². The normalized spacial score (nSPS) is 24.6. The summed E-state index contributed by atoms with van der Waals surface area (Å²) in [5.74, 6) is 0. The largest absolute Gasteiger partial charge is 0.414 e. The minimum absolute atomic E-state index is 0.222. The Morgan fingerprint density at radius 2 is 1.86 bits per heavy atom. The van der Waals surface area contributed by atoms with Crippen LogP contribution in [-0.4, -0.2) is 30.6 Å². The number of rotatable bonds is 2. The molecule has 0 aromatic carbocycles. The zero-order valence-electron chi connectivity index (χ0n) is 8.10. The molecule has 1 fully saturated rings. The maximum absolute atomic E-state index is 12.1. The van der Waals surface area contributed by atoms with Crippen molar-refractivity contribution in [2.45, 2.75) is 38.5 Å². The Labute approximate surface area is 81.1 Å². The highest BCUT2D eigenvalue weighted by molar-refractivity contribution is 4.82. The van der Waals surface area contributed by atoms with Crippen LogP contribution < -0.4 is 0 Å². The average Bonchev–Trinajstić information content (AvgIpc) is 2.02. The first kappa shape index (κ1) is 11.8. The molecule has 0 saturated carbocycles. The van der Waals surface area contributed by atoms with Crippen LogP contribution in [0.4, 0.5) is 13.2 Å². The van der Waals surface area contributed by atoms with Crippen LogP contribution in [0.15, 0.2) is 0 Å². The molecule has 5 heteroatoms. The second kappa shape index (κ2) is 4.06. The van der Waals surface area contributed by atoms with E-state index in [0.717, 1.165) is 0 Å². The molecule has 0 spiro atoms. The van der Waals surface area contributed by atoms with Gasteiger partial charge in [0.05, 0.1) is 0 Å². The van der Waals surface area contributed by atoms with Crippen LogP contribution in [0.5, 0.6) is 0 Å². The van der Waals surface area contributed by atoms with Gasteiger partial charge in [0, 0.05) is 13.2 Å². The molecule has 0 amide bonds. The predicted molar refractivity (Wildman–Crippen MR) is 44.8 cm³/mol. The zero-order chi connectivity index (χ0) is 10.8. The molecule has 1 aliphatic heterocycles. The molecule has 1 unspecified atom stereocenters. The van der Waals surface area contributed by atoms with Gasteiger partial charge in [0.1, 0.15) is 6.10 Å². The first-order chi connectivity index (χ1) is 6.33. The fraction of sp³-hybridized carbons (Fsp3) is 1.00. The number of ether oxygens (including phenoxy) is 1. The van der Waals surface area contributed by atoms with Crippen LogP contribution in [0.3, 0.4) is 0 Å². The number of aliphatic hydroxyl groups excluding tert-OH is 1. The van der Waals surface area contributed by atoms with E-state index in [4.69, 9.17) is 9.84 Å². The van der Waals surface area contributed by atoms with Gasteiger partial charge < -0.3 is 9.84 Å². The predicted octanol–water partition coefficient (Wildman–Crippen LogP) is 2.12. The Morgan fingerprint density at radius 3 is 2.29 bits per heavy atom. The Balaban J connectivity index is 2.49. The van der Waals surface area contributed by atoms with Crippen LogP contribution >= 0.6 is 0 Å². The smallest absolute Gasteiger partial charge is 0.384 e. The highest BCUT2D eigenvalue weighted by atomic mass is 19.4. The SMILES string of the molecule is CC1(CC(O)C(F)(F)F)CCOCC1. The topological polar surface area (TPSA) is 29.5 Å². The third-order valence-electron chi connectivity index (χ3n) is 2.76. The quantitative estimate of drug-likeness (QED) is 0.759. The lowest BCUT2D eigenvalue weighted by Crippen LogP contribution is -2.37. The molecule has 14 heavy (non-hydrogen) atoms. The minimum Gasteiger partial charge on any atom is -0.384 e. The van der Waals surface area contributed by atoms with E-state index in [0.29, 0.717) is 26.1 Å². The van der Waals surface area contributed by atoms with Crippen LogP contribution in [0.2, 0.25) is 0 Å². The summed E-state index contributed by atoms with van der Waals surface area (Å²) < 4.78 is 41.3. The Hall–Kier alpha value is -0.290. The van der Waals surface area contributed by atoms with Crippen molar-refractivity contribution in [3.8, 4) is 0 Å². The molecule has 0 aromatic heterocycles. The minimum atomic E-state index is -4.50. The van der Waals surface area contributed by atoms with Gasteiger partial charge in [0.25, 0.3) is 0 Å². The van der Waals surface area contributed by atoms with Crippen LogP contribution in [0.25, 0.3) is 0 Å². The summed E-state index contributed by atoms with van der Waals surface area (Å²) in [7, 11) is 0. The van der Waals surface area contributed by atoms with Gasteiger partial charge in [-0.2, -0.15) is 13.2 Å². The third kappa shape index (κ3) is 3.13. The molecule has 2 nitrogen and oxygen atoms in total. The standard InChI is InChI=1S/C9H15F3O2/c1-8(2-4-14-5-3-8)6-7(13)9(10,11)12/h7,13H,2-6H2,1H3. The van der Waals surface area contributed by atoms with Gasteiger partial charge in [0.2, 0.25) is 0 Å². The van der Waals surface area contributed by atoms with E-state index >= 15 is 0 Å². The molecule has 0 bridgehead atoms. The van der Waals surface area contributed by atoms with Gasteiger partial charge in [-0.3, -0.25) is 0 Å². The van der Waals surface area contributed by atoms with E-state index < -0.39 is 17.7 Å². The summed E-state index contributed by atoms with van der Waals surface area (Å²) >= 11 is 0. The first-order valence-electron chi connectivity index (χ1n) is 4.66. The molecule has 1 saturated heterocycles. The molecular weight excluding hydrogens is 197 g/mol. The van der Waals surface area contributed by atoms with E-state index in [1.807, 2.05) is 0 Å². The third-order valence-corrected chi connectivity index (χ3v) is 2.76. The molecule has 1 N–H and O–H groups in total. The summed E-state index contributed by atoms with van der Waals surface area (Å²) in [4.78, 5) is 0. The number of halogens is 3. The van der Waals surface area contributed by atoms with Crippen molar-refractivity contribution in [1.82, 2.24) is 0 Å². The maximum atomic E-state index is 12.1. The molecule has 0 radical (unpaired) electrons. The van der Waals surface area contributed by atoms with Gasteiger partial charge in [-0.15, -0.1) is 0 Å². The van der Waals surface area contributed by atoms with Crippen molar-refractivity contribution in [3.05, 3.63) is 0 Å². The Kier molecular flexibility index (Phi) is 3.42. The first-order valence-corrected chi connectivity index (χ1v) is 4.66. The highest BCUT2D eigenvalue weighted by Gasteiger charge is 2.43. The molecule has 0 aliphatic carbocycles. The number of aliphatic hydroxyl groups is 1. The fourth-order valence-electron chi connectivity index (χ4n) is 1.65. The lowest BCUT2D eigenvalue weighted by molar-refractivity contribution is -0.214. The molecule has 1 aliphatic rings. The lowest BCUT2D eigenvalue weighted by atomic mass is 9.77. The van der Waals surface area contributed by atoms with Crippen LogP contribution in [0.1, 0.15) is 26.2 Å². The summed E-state index contributed by atoms with van der Waals surface area (Å²) in [5.41, 5.74) is -0.437. The second-order valence-corrected chi connectivity index (χ2v) is 4.18. The van der Waals surface area contributed by atoms with Crippen molar-refractivity contribution in [1.29, 1.82) is 0 Å². The summed E-state index contributed by atoms with van der Waals surface area (Å²) in [6.45, 7) is 2.74. The highest BCUT2D eigenvalue weighted by Crippen LogP contribution is 2.38. The Bertz CT molecular complexity index is 185. The van der Waals surface area contributed by atoms with Crippen molar-refractivity contribution in [2.75, 3.05) is 13.2 Å². The van der Waals surface area contributed by atoms with Crippen molar-refractivity contribution >= 4 is 0 Å². The van der Waals surface area contributed by atoms with E-state index in [2.05, 4.69) is 0 Å². The van der Waals surface area contributed by atoms with Crippen LogP contribution in [-0.2, 0) is 4.74 Å². The Morgan fingerprint density at radius 1 is 1.36 bits per heavy atom. The van der Waals surface area contributed by atoms with Crippen molar-refractivity contribution in [2.24, 2.45) is 5.41 Å². The van der Waals surface area contributed by atoms with Crippen molar-refractivity contribution in [3.63, 3.8) is 0 Å². The zero-order valence-corrected chi connectivity index (χ0v) is 8.10. The molecule has 1 atom stereocenters.